The normalized spacial score (nSPS) is 14.9. The molecule has 1 saturated heterocycles. The predicted octanol–water partition coefficient (Wildman–Crippen LogP) is 2.87. The van der Waals surface area contributed by atoms with Crippen LogP contribution in [-0.2, 0) is 16.1 Å². The lowest BCUT2D eigenvalue weighted by molar-refractivity contribution is -0.0120. The molecule has 126 valence electrons. The van der Waals surface area contributed by atoms with Gasteiger partial charge in [-0.15, -0.1) is 0 Å². The molecule has 0 radical (unpaired) electrons. The van der Waals surface area contributed by atoms with Crippen molar-refractivity contribution in [2.45, 2.75) is 39.0 Å². The molecule has 1 fully saturated rings. The van der Waals surface area contributed by atoms with E-state index < -0.39 is 5.60 Å². The van der Waals surface area contributed by atoms with Crippen molar-refractivity contribution in [3.05, 3.63) is 35.9 Å². The first kappa shape index (κ1) is 17.1. The van der Waals surface area contributed by atoms with E-state index in [0.717, 1.165) is 5.56 Å². The van der Waals surface area contributed by atoms with Crippen LogP contribution in [0.4, 0.5) is 9.59 Å². The number of carbonyl (C=O) groups is 2. The molecule has 0 atom stereocenters. The molecule has 1 aliphatic rings. The van der Waals surface area contributed by atoms with Crippen molar-refractivity contribution in [1.29, 1.82) is 0 Å². The number of amides is 2. The number of rotatable bonds is 3. The second-order valence-corrected chi connectivity index (χ2v) is 6.69. The highest BCUT2D eigenvalue weighted by Gasteiger charge is 2.37. The van der Waals surface area contributed by atoms with Crippen LogP contribution in [0.15, 0.2) is 30.3 Å². The quantitative estimate of drug-likeness (QED) is 0.859. The largest absolute Gasteiger partial charge is 0.445 e. The summed E-state index contributed by atoms with van der Waals surface area (Å²) in [7, 11) is 1.68. The minimum Gasteiger partial charge on any atom is -0.445 e. The molecule has 2 rings (SSSR count). The van der Waals surface area contributed by atoms with Gasteiger partial charge < -0.3 is 19.3 Å². The minimum absolute atomic E-state index is 0.0363. The van der Waals surface area contributed by atoms with Crippen LogP contribution in [0, 0.1) is 0 Å². The Kier molecular flexibility index (Phi) is 5.13. The SMILES string of the molecule is CN(C(=O)OCc1ccccc1)C1CN(C(=O)OC(C)(C)C)C1. The molecule has 0 aliphatic carbocycles. The zero-order valence-electron chi connectivity index (χ0n) is 14.1. The molecule has 1 aliphatic heterocycles. The van der Waals surface area contributed by atoms with Gasteiger partial charge in [0, 0.05) is 20.1 Å². The molecule has 1 aromatic carbocycles. The van der Waals surface area contributed by atoms with Crippen molar-refractivity contribution in [3.8, 4) is 0 Å². The summed E-state index contributed by atoms with van der Waals surface area (Å²) in [4.78, 5) is 27.0. The number of nitrogens with zero attached hydrogens (tertiary/aromatic N) is 2. The molecular formula is C17H24N2O4. The summed E-state index contributed by atoms with van der Waals surface area (Å²) < 4.78 is 10.6. The first-order valence-electron chi connectivity index (χ1n) is 7.68. The molecule has 0 N–H and O–H groups in total. The number of likely N-dealkylation sites (tertiary alicyclic amines) is 1. The fourth-order valence-electron chi connectivity index (χ4n) is 2.15. The molecular weight excluding hydrogens is 296 g/mol. The number of hydrogen-bond acceptors (Lipinski definition) is 4. The monoisotopic (exact) mass is 320 g/mol. The Hall–Kier alpha value is -2.24. The molecule has 0 spiro atoms. The maximum absolute atomic E-state index is 12.0. The number of ether oxygens (including phenoxy) is 2. The molecule has 6 nitrogen and oxygen atoms in total. The molecule has 0 saturated carbocycles. The second-order valence-electron chi connectivity index (χ2n) is 6.69. The summed E-state index contributed by atoms with van der Waals surface area (Å²) in [6, 6.07) is 9.49. The lowest BCUT2D eigenvalue weighted by Crippen LogP contribution is -2.61. The fourth-order valence-corrected chi connectivity index (χ4v) is 2.15. The number of hydrogen-bond donors (Lipinski definition) is 0. The van der Waals surface area contributed by atoms with E-state index in [1.807, 2.05) is 51.1 Å². The number of benzene rings is 1. The Morgan fingerprint density at radius 1 is 1.22 bits per heavy atom. The molecule has 6 heteroatoms. The first-order valence-corrected chi connectivity index (χ1v) is 7.68. The van der Waals surface area contributed by atoms with Gasteiger partial charge >= 0.3 is 12.2 Å². The summed E-state index contributed by atoms with van der Waals surface area (Å²) in [5.74, 6) is 0. The van der Waals surface area contributed by atoms with Crippen molar-refractivity contribution < 1.29 is 19.1 Å². The highest BCUT2D eigenvalue weighted by molar-refractivity contribution is 5.71. The standard InChI is InChI=1S/C17H24N2O4/c1-17(2,3)23-16(21)19-10-14(11-19)18(4)15(20)22-12-13-8-6-5-7-9-13/h5-9,14H,10-12H2,1-4H3. The summed E-state index contributed by atoms with van der Waals surface area (Å²) in [6.45, 7) is 6.66. The van der Waals surface area contributed by atoms with Gasteiger partial charge in [0.15, 0.2) is 0 Å². The minimum atomic E-state index is -0.511. The predicted molar refractivity (Wildman–Crippen MR) is 86.0 cm³/mol. The van der Waals surface area contributed by atoms with Crippen molar-refractivity contribution in [2.75, 3.05) is 20.1 Å². The zero-order valence-corrected chi connectivity index (χ0v) is 14.1. The summed E-state index contributed by atoms with van der Waals surface area (Å²) in [5.41, 5.74) is 0.432. The van der Waals surface area contributed by atoms with Crippen LogP contribution >= 0.6 is 0 Å². The maximum Gasteiger partial charge on any atom is 0.410 e. The summed E-state index contributed by atoms with van der Waals surface area (Å²) >= 11 is 0. The van der Waals surface area contributed by atoms with Gasteiger partial charge in [0.05, 0.1) is 6.04 Å². The van der Waals surface area contributed by atoms with E-state index >= 15 is 0 Å². The molecule has 0 aromatic heterocycles. The van der Waals surface area contributed by atoms with Crippen LogP contribution in [0.2, 0.25) is 0 Å². The fraction of sp³-hybridized carbons (Fsp3) is 0.529. The van der Waals surface area contributed by atoms with Gasteiger partial charge in [0.25, 0.3) is 0 Å². The molecule has 1 aromatic rings. The Balaban J connectivity index is 1.74. The van der Waals surface area contributed by atoms with E-state index in [1.165, 1.54) is 4.90 Å². The van der Waals surface area contributed by atoms with Gasteiger partial charge in [-0.05, 0) is 26.3 Å². The van der Waals surface area contributed by atoms with Crippen LogP contribution in [0.3, 0.4) is 0 Å². The number of likely N-dealkylation sites (N-methyl/N-ethyl adjacent to an activating group) is 1. The Morgan fingerprint density at radius 3 is 2.39 bits per heavy atom. The van der Waals surface area contributed by atoms with Crippen molar-refractivity contribution in [3.63, 3.8) is 0 Å². The van der Waals surface area contributed by atoms with Crippen LogP contribution in [0.1, 0.15) is 26.3 Å². The molecule has 23 heavy (non-hydrogen) atoms. The third-order valence-electron chi connectivity index (χ3n) is 3.55. The van der Waals surface area contributed by atoms with E-state index in [9.17, 15) is 9.59 Å². The van der Waals surface area contributed by atoms with E-state index in [4.69, 9.17) is 9.47 Å². The Bertz CT molecular complexity index is 547. The number of carbonyl (C=O) groups excluding carboxylic acids is 2. The smallest absolute Gasteiger partial charge is 0.410 e. The van der Waals surface area contributed by atoms with Gasteiger partial charge in [0.1, 0.15) is 12.2 Å². The van der Waals surface area contributed by atoms with Crippen LogP contribution < -0.4 is 0 Å². The zero-order chi connectivity index (χ0) is 17.0. The van der Waals surface area contributed by atoms with Gasteiger partial charge in [-0.2, -0.15) is 0 Å². The molecule has 1 heterocycles. The highest BCUT2D eigenvalue weighted by atomic mass is 16.6. The van der Waals surface area contributed by atoms with E-state index in [2.05, 4.69) is 0 Å². The highest BCUT2D eigenvalue weighted by Crippen LogP contribution is 2.19. The average Bonchev–Trinajstić information content (AvgIpc) is 2.42. The summed E-state index contributed by atoms with van der Waals surface area (Å²) in [6.07, 6.45) is -0.734. The van der Waals surface area contributed by atoms with Gasteiger partial charge in [0.2, 0.25) is 0 Å². The van der Waals surface area contributed by atoms with Crippen LogP contribution in [-0.4, -0.2) is 53.8 Å². The van der Waals surface area contributed by atoms with Gasteiger partial charge in [-0.1, -0.05) is 30.3 Å². The first-order chi connectivity index (χ1) is 10.8. The second kappa shape index (κ2) is 6.89. The van der Waals surface area contributed by atoms with E-state index in [-0.39, 0.29) is 24.8 Å². The Morgan fingerprint density at radius 2 is 1.83 bits per heavy atom. The molecule has 0 bridgehead atoms. The Labute approximate surface area is 137 Å². The van der Waals surface area contributed by atoms with E-state index in [0.29, 0.717) is 13.1 Å². The molecule has 2 amide bonds. The summed E-state index contributed by atoms with van der Waals surface area (Å²) in [5, 5.41) is 0. The van der Waals surface area contributed by atoms with Crippen molar-refractivity contribution >= 4 is 12.2 Å². The topological polar surface area (TPSA) is 59.1 Å². The lowest BCUT2D eigenvalue weighted by Gasteiger charge is -2.43. The third-order valence-corrected chi connectivity index (χ3v) is 3.55. The van der Waals surface area contributed by atoms with Gasteiger partial charge in [-0.25, -0.2) is 9.59 Å². The third kappa shape index (κ3) is 4.87. The lowest BCUT2D eigenvalue weighted by atomic mass is 10.1. The van der Waals surface area contributed by atoms with Crippen molar-refractivity contribution in [1.82, 2.24) is 9.80 Å². The molecule has 0 unspecified atom stereocenters. The van der Waals surface area contributed by atoms with Crippen LogP contribution in [0.25, 0.3) is 0 Å². The van der Waals surface area contributed by atoms with Gasteiger partial charge in [-0.3, -0.25) is 0 Å². The maximum atomic E-state index is 12.0. The van der Waals surface area contributed by atoms with Crippen molar-refractivity contribution in [2.24, 2.45) is 0 Å². The van der Waals surface area contributed by atoms with E-state index in [1.54, 1.807) is 11.9 Å². The average molecular weight is 320 g/mol. The van der Waals surface area contributed by atoms with Crippen LogP contribution in [0.5, 0.6) is 0 Å².